The molecule has 2 aromatic carbocycles. The first kappa shape index (κ1) is 27.6. The fourth-order valence-corrected chi connectivity index (χ4v) is 6.89. The highest BCUT2D eigenvalue weighted by molar-refractivity contribution is 9.11. The number of ether oxygens (including phenoxy) is 2. The van der Waals surface area contributed by atoms with Gasteiger partial charge in [0.25, 0.3) is 5.56 Å². The maximum Gasteiger partial charge on any atom is 0.338 e. The van der Waals surface area contributed by atoms with E-state index in [1.807, 2.05) is 48.7 Å². The maximum absolute atomic E-state index is 13.8. The average Bonchev–Trinajstić information content (AvgIpc) is 3.17. The molecule has 1 atom stereocenters. The van der Waals surface area contributed by atoms with Crippen molar-refractivity contribution in [3.63, 3.8) is 0 Å². The lowest BCUT2D eigenvalue weighted by Crippen LogP contribution is -2.39. The van der Waals surface area contributed by atoms with Gasteiger partial charge >= 0.3 is 5.97 Å². The predicted molar refractivity (Wildman–Crippen MR) is 156 cm³/mol. The van der Waals surface area contributed by atoms with Crippen molar-refractivity contribution < 1.29 is 14.3 Å². The Bertz CT molecular complexity index is 1550. The van der Waals surface area contributed by atoms with Crippen LogP contribution in [0.4, 0.5) is 0 Å². The Morgan fingerprint density at radius 3 is 2.51 bits per heavy atom. The first-order chi connectivity index (χ1) is 17.8. The van der Waals surface area contributed by atoms with Crippen molar-refractivity contribution in [1.82, 2.24) is 4.57 Å². The summed E-state index contributed by atoms with van der Waals surface area (Å²) >= 11 is 10.0. The Kier molecular flexibility index (Phi) is 8.94. The molecule has 1 aliphatic rings. The van der Waals surface area contributed by atoms with Crippen molar-refractivity contribution in [2.45, 2.75) is 24.8 Å². The second kappa shape index (κ2) is 12.0. The van der Waals surface area contributed by atoms with E-state index in [1.54, 1.807) is 36.3 Å². The van der Waals surface area contributed by atoms with Gasteiger partial charge in [-0.25, -0.2) is 9.79 Å². The highest BCUT2D eigenvalue weighted by atomic mass is 79.9. The van der Waals surface area contributed by atoms with Crippen LogP contribution in [0.15, 0.2) is 84.0 Å². The first-order valence-corrected chi connectivity index (χ1v) is 15.0. The fraction of sp³-hybridized carbons (Fsp3) is 0.222. The summed E-state index contributed by atoms with van der Waals surface area (Å²) in [5, 5.41) is 0. The number of carbonyl (C=O) groups is 1. The summed E-state index contributed by atoms with van der Waals surface area (Å²) < 4.78 is 14.6. The number of nitrogens with zero attached hydrogens (tertiary/aromatic N) is 2. The number of hydrogen-bond acceptors (Lipinski definition) is 7. The molecule has 0 spiro atoms. The van der Waals surface area contributed by atoms with Crippen LogP contribution in [0.5, 0.6) is 5.75 Å². The number of allylic oxidation sites excluding steroid dienone is 1. The third-order valence-corrected chi connectivity index (χ3v) is 8.52. The van der Waals surface area contributed by atoms with Gasteiger partial charge < -0.3 is 9.47 Å². The zero-order valence-electron chi connectivity index (χ0n) is 20.4. The van der Waals surface area contributed by atoms with E-state index in [-0.39, 0.29) is 12.2 Å². The van der Waals surface area contributed by atoms with Gasteiger partial charge in [-0.2, -0.15) is 0 Å². The number of aromatic nitrogens is 1. The molecule has 3 aromatic rings. The predicted octanol–water partition coefficient (Wildman–Crippen LogP) is 5.61. The summed E-state index contributed by atoms with van der Waals surface area (Å²) in [6.45, 7) is 7.82. The van der Waals surface area contributed by atoms with E-state index < -0.39 is 12.0 Å². The molecule has 1 aliphatic heterocycles. The van der Waals surface area contributed by atoms with E-state index in [4.69, 9.17) is 9.47 Å². The van der Waals surface area contributed by atoms with Crippen molar-refractivity contribution >= 4 is 67.0 Å². The Hall–Kier alpha value is -2.40. The quantitative estimate of drug-likeness (QED) is 0.178. The molecule has 6 nitrogen and oxygen atoms in total. The van der Waals surface area contributed by atoms with Crippen molar-refractivity contribution in [2.24, 2.45) is 4.99 Å². The van der Waals surface area contributed by atoms with Crippen LogP contribution in [-0.4, -0.2) is 30.0 Å². The van der Waals surface area contributed by atoms with Crippen LogP contribution in [0.25, 0.3) is 6.08 Å². The number of halogens is 2. The van der Waals surface area contributed by atoms with Gasteiger partial charge in [-0.15, -0.1) is 11.8 Å². The molecule has 0 saturated carbocycles. The van der Waals surface area contributed by atoms with E-state index >= 15 is 0 Å². The monoisotopic (exact) mass is 662 g/mol. The lowest BCUT2D eigenvalue weighted by Gasteiger charge is -2.24. The van der Waals surface area contributed by atoms with Crippen molar-refractivity contribution in [3.05, 3.63) is 100 Å². The minimum absolute atomic E-state index is 0.226. The zero-order chi connectivity index (χ0) is 26.7. The number of rotatable bonds is 8. The Morgan fingerprint density at radius 2 is 1.92 bits per heavy atom. The van der Waals surface area contributed by atoms with Crippen LogP contribution >= 0.6 is 55.0 Å². The number of thioether (sulfide) groups is 1. The third-order valence-electron chi connectivity index (χ3n) is 5.61. The van der Waals surface area contributed by atoms with Crippen LogP contribution < -0.4 is 19.6 Å². The van der Waals surface area contributed by atoms with Crippen molar-refractivity contribution in [2.75, 3.05) is 19.5 Å². The minimum Gasteiger partial charge on any atom is -0.487 e. The molecule has 4 rings (SSSR count). The van der Waals surface area contributed by atoms with Gasteiger partial charge in [-0.1, -0.05) is 36.1 Å². The van der Waals surface area contributed by atoms with Crippen molar-refractivity contribution in [1.29, 1.82) is 0 Å². The van der Waals surface area contributed by atoms with Crippen LogP contribution in [0.1, 0.15) is 31.0 Å². The molecule has 0 amide bonds. The zero-order valence-corrected chi connectivity index (χ0v) is 25.2. The maximum atomic E-state index is 13.8. The summed E-state index contributed by atoms with van der Waals surface area (Å²) in [5.74, 6) is 0.182. The number of esters is 1. The molecule has 0 aliphatic carbocycles. The lowest BCUT2D eigenvalue weighted by molar-refractivity contribution is -0.139. The molecule has 0 fully saturated rings. The molecule has 2 heterocycles. The Labute approximate surface area is 239 Å². The average molecular weight is 664 g/mol. The highest BCUT2D eigenvalue weighted by Gasteiger charge is 2.33. The van der Waals surface area contributed by atoms with Gasteiger partial charge in [0.1, 0.15) is 12.4 Å². The number of carbonyl (C=O) groups excluding carboxylic acids is 1. The highest BCUT2D eigenvalue weighted by Crippen LogP contribution is 2.35. The fourth-order valence-electron chi connectivity index (χ4n) is 3.99. The van der Waals surface area contributed by atoms with Gasteiger partial charge in [0.2, 0.25) is 0 Å². The summed E-state index contributed by atoms with van der Waals surface area (Å²) in [6.07, 6.45) is 5.49. The van der Waals surface area contributed by atoms with Gasteiger partial charge in [0.05, 0.1) is 37.4 Å². The molecule has 0 unspecified atom stereocenters. The molecule has 1 aromatic heterocycles. The molecule has 192 valence electrons. The molecule has 0 N–H and O–H groups in total. The summed E-state index contributed by atoms with van der Waals surface area (Å²) in [4.78, 5) is 33.1. The first-order valence-electron chi connectivity index (χ1n) is 11.3. The topological polar surface area (TPSA) is 69.9 Å². The van der Waals surface area contributed by atoms with Crippen LogP contribution in [0.3, 0.4) is 0 Å². The Balaban J connectivity index is 1.88. The normalized spacial score (nSPS) is 15.3. The number of thiazole rings is 1. The van der Waals surface area contributed by atoms with Gasteiger partial charge in [0.15, 0.2) is 4.80 Å². The second-order valence-corrected chi connectivity index (χ2v) is 11.6. The van der Waals surface area contributed by atoms with Gasteiger partial charge in [0, 0.05) is 4.90 Å². The van der Waals surface area contributed by atoms with Crippen LogP contribution in [0, 0.1) is 0 Å². The third kappa shape index (κ3) is 5.72. The van der Waals surface area contributed by atoms with Crippen LogP contribution in [-0.2, 0) is 9.53 Å². The van der Waals surface area contributed by atoms with Crippen molar-refractivity contribution in [3.8, 4) is 5.75 Å². The van der Waals surface area contributed by atoms with E-state index in [2.05, 4.69) is 43.4 Å². The molecule has 10 heteroatoms. The molecular weight excluding hydrogens is 640 g/mol. The van der Waals surface area contributed by atoms with Gasteiger partial charge in [-0.3, -0.25) is 9.36 Å². The number of benzene rings is 2. The van der Waals surface area contributed by atoms with E-state index in [0.29, 0.717) is 33.0 Å². The van der Waals surface area contributed by atoms with E-state index in [0.717, 1.165) is 25.0 Å². The smallest absolute Gasteiger partial charge is 0.338 e. The molecular formula is C27H24Br2N2O4S2. The Morgan fingerprint density at radius 1 is 1.24 bits per heavy atom. The van der Waals surface area contributed by atoms with E-state index in [1.165, 1.54) is 11.3 Å². The minimum atomic E-state index is -0.637. The molecule has 0 saturated heterocycles. The SMILES string of the molecule is C=CCOc1c(Br)cc(/C=c2\sc3n(c2=O)[C@H](c2ccc(SC)cc2)C(C(=O)OCC)=C(C)N=3)cc1Br. The second-order valence-electron chi connectivity index (χ2n) is 7.99. The summed E-state index contributed by atoms with van der Waals surface area (Å²) in [6, 6.07) is 11.0. The summed E-state index contributed by atoms with van der Waals surface area (Å²) in [7, 11) is 0. The molecule has 0 bridgehead atoms. The molecule has 0 radical (unpaired) electrons. The number of fused-ring (bicyclic) bond motifs is 1. The van der Waals surface area contributed by atoms with Gasteiger partial charge in [-0.05, 0) is 93.4 Å². The summed E-state index contributed by atoms with van der Waals surface area (Å²) in [5.41, 5.74) is 2.30. The standard InChI is InChI=1S/C27H24Br2N2O4S2/c1-5-11-35-24-19(28)12-16(13-20(24)29)14-21-25(32)31-23(17-7-9-18(36-4)10-8-17)22(26(33)34-6-2)15(3)30-27(31)37-21/h5,7-10,12-14,23H,1,6,11H2,2-4H3/b21-14-/t23-/m1/s1. The largest absolute Gasteiger partial charge is 0.487 e. The van der Waals surface area contributed by atoms with Crippen LogP contribution in [0.2, 0.25) is 0 Å². The molecule has 37 heavy (non-hydrogen) atoms. The number of hydrogen-bond donors (Lipinski definition) is 0. The van der Waals surface area contributed by atoms with E-state index in [9.17, 15) is 9.59 Å². The lowest BCUT2D eigenvalue weighted by atomic mass is 9.96.